The number of methoxy groups -OCH3 is 1. The fourth-order valence-electron chi connectivity index (χ4n) is 4.48. The van der Waals surface area contributed by atoms with Crippen LogP contribution in [0.3, 0.4) is 0 Å². The SMILES string of the molecule is COc1ccc(CN2C[C@@H]3COC[C@]3(CN3CCOCC3)C2)cc1. The van der Waals surface area contributed by atoms with Crippen LogP contribution in [-0.4, -0.2) is 76.1 Å². The molecule has 132 valence electrons. The lowest BCUT2D eigenvalue weighted by molar-refractivity contribution is 0.0102. The molecule has 0 aliphatic carbocycles. The highest BCUT2D eigenvalue weighted by atomic mass is 16.5. The van der Waals surface area contributed by atoms with Gasteiger partial charge in [0.2, 0.25) is 0 Å². The topological polar surface area (TPSA) is 34.2 Å². The predicted molar refractivity (Wildman–Crippen MR) is 92.3 cm³/mol. The zero-order chi connectivity index (χ0) is 16.4. The van der Waals surface area contributed by atoms with Crippen LogP contribution in [0.25, 0.3) is 0 Å². The summed E-state index contributed by atoms with van der Waals surface area (Å²) in [6.45, 7) is 10.2. The van der Waals surface area contributed by atoms with Crippen molar-refractivity contribution < 1.29 is 14.2 Å². The van der Waals surface area contributed by atoms with E-state index in [1.165, 1.54) is 5.56 Å². The Labute approximate surface area is 144 Å². The van der Waals surface area contributed by atoms with Crippen LogP contribution in [0.15, 0.2) is 24.3 Å². The Balaban J connectivity index is 1.40. The van der Waals surface area contributed by atoms with Crippen molar-refractivity contribution in [3.05, 3.63) is 29.8 Å². The number of fused-ring (bicyclic) bond motifs is 1. The molecule has 3 aliphatic heterocycles. The second kappa shape index (κ2) is 7.00. The molecule has 0 aromatic heterocycles. The van der Waals surface area contributed by atoms with E-state index in [1.807, 2.05) is 0 Å². The number of ether oxygens (including phenoxy) is 3. The summed E-state index contributed by atoms with van der Waals surface area (Å²) in [5.41, 5.74) is 1.67. The first-order chi connectivity index (χ1) is 11.8. The summed E-state index contributed by atoms with van der Waals surface area (Å²) in [5, 5.41) is 0. The molecule has 0 saturated carbocycles. The molecule has 24 heavy (non-hydrogen) atoms. The zero-order valence-corrected chi connectivity index (χ0v) is 14.6. The number of benzene rings is 1. The Morgan fingerprint density at radius 2 is 1.92 bits per heavy atom. The molecule has 2 atom stereocenters. The van der Waals surface area contributed by atoms with Crippen molar-refractivity contribution in [3.63, 3.8) is 0 Å². The van der Waals surface area contributed by atoms with E-state index in [4.69, 9.17) is 14.2 Å². The van der Waals surface area contributed by atoms with Gasteiger partial charge in [0.25, 0.3) is 0 Å². The van der Waals surface area contributed by atoms with E-state index in [0.717, 1.165) is 71.4 Å². The van der Waals surface area contributed by atoms with Crippen LogP contribution in [0.1, 0.15) is 5.56 Å². The van der Waals surface area contributed by atoms with E-state index in [9.17, 15) is 0 Å². The highest BCUT2D eigenvalue weighted by Crippen LogP contribution is 2.42. The Bertz CT molecular complexity index is 544. The summed E-state index contributed by atoms with van der Waals surface area (Å²) < 4.78 is 16.6. The lowest BCUT2D eigenvalue weighted by Crippen LogP contribution is -2.47. The molecule has 0 N–H and O–H groups in total. The number of nitrogens with zero attached hydrogens (tertiary/aromatic N) is 2. The molecule has 5 nitrogen and oxygen atoms in total. The fourth-order valence-corrected chi connectivity index (χ4v) is 4.48. The van der Waals surface area contributed by atoms with E-state index in [2.05, 4.69) is 34.1 Å². The minimum Gasteiger partial charge on any atom is -0.497 e. The molecular formula is C19H28N2O3. The Morgan fingerprint density at radius 3 is 2.67 bits per heavy atom. The number of hydrogen-bond donors (Lipinski definition) is 0. The smallest absolute Gasteiger partial charge is 0.118 e. The molecule has 0 unspecified atom stereocenters. The van der Waals surface area contributed by atoms with E-state index >= 15 is 0 Å². The highest BCUT2D eigenvalue weighted by molar-refractivity contribution is 5.27. The van der Waals surface area contributed by atoms with Crippen molar-refractivity contribution in [2.45, 2.75) is 6.54 Å². The number of rotatable bonds is 5. The average molecular weight is 332 g/mol. The first kappa shape index (κ1) is 16.3. The third-order valence-electron chi connectivity index (χ3n) is 5.80. The fraction of sp³-hybridized carbons (Fsp3) is 0.684. The van der Waals surface area contributed by atoms with Gasteiger partial charge in [0.1, 0.15) is 5.75 Å². The molecule has 3 fully saturated rings. The zero-order valence-electron chi connectivity index (χ0n) is 14.6. The van der Waals surface area contributed by atoms with Crippen molar-refractivity contribution in [2.75, 3.05) is 66.3 Å². The van der Waals surface area contributed by atoms with Crippen LogP contribution in [0.2, 0.25) is 0 Å². The van der Waals surface area contributed by atoms with E-state index in [0.29, 0.717) is 11.3 Å². The van der Waals surface area contributed by atoms with Crippen LogP contribution in [-0.2, 0) is 16.0 Å². The quantitative estimate of drug-likeness (QED) is 0.816. The average Bonchev–Trinajstić information content (AvgIpc) is 3.12. The van der Waals surface area contributed by atoms with E-state index in [-0.39, 0.29) is 0 Å². The molecule has 3 heterocycles. The van der Waals surface area contributed by atoms with Crippen molar-refractivity contribution in [2.24, 2.45) is 11.3 Å². The Hall–Kier alpha value is -1.14. The first-order valence-corrected chi connectivity index (χ1v) is 9.01. The summed E-state index contributed by atoms with van der Waals surface area (Å²) in [6, 6.07) is 8.47. The maximum Gasteiger partial charge on any atom is 0.118 e. The van der Waals surface area contributed by atoms with Crippen molar-refractivity contribution >= 4 is 0 Å². The molecule has 0 amide bonds. The van der Waals surface area contributed by atoms with Crippen LogP contribution < -0.4 is 4.74 Å². The molecular weight excluding hydrogens is 304 g/mol. The maximum absolute atomic E-state index is 5.88. The molecule has 0 spiro atoms. The molecule has 1 aromatic carbocycles. The molecule has 3 aliphatic rings. The summed E-state index contributed by atoms with van der Waals surface area (Å²) in [5.74, 6) is 1.59. The van der Waals surface area contributed by atoms with Gasteiger partial charge in [-0.1, -0.05) is 12.1 Å². The Kier molecular flexibility index (Phi) is 4.77. The van der Waals surface area contributed by atoms with Gasteiger partial charge in [-0.3, -0.25) is 9.80 Å². The second-order valence-corrected chi connectivity index (χ2v) is 7.48. The van der Waals surface area contributed by atoms with Crippen LogP contribution in [0.4, 0.5) is 0 Å². The van der Waals surface area contributed by atoms with Crippen LogP contribution in [0, 0.1) is 11.3 Å². The van der Waals surface area contributed by atoms with E-state index in [1.54, 1.807) is 7.11 Å². The third-order valence-corrected chi connectivity index (χ3v) is 5.80. The summed E-state index contributed by atoms with van der Waals surface area (Å²) in [7, 11) is 1.71. The van der Waals surface area contributed by atoms with Gasteiger partial charge >= 0.3 is 0 Å². The lowest BCUT2D eigenvalue weighted by atomic mass is 9.80. The molecule has 3 saturated heterocycles. The highest BCUT2D eigenvalue weighted by Gasteiger charge is 2.51. The van der Waals surface area contributed by atoms with Gasteiger partial charge in [0.05, 0.1) is 33.5 Å². The van der Waals surface area contributed by atoms with Gasteiger partial charge in [-0.25, -0.2) is 0 Å². The van der Waals surface area contributed by atoms with Crippen molar-refractivity contribution in [3.8, 4) is 5.75 Å². The largest absolute Gasteiger partial charge is 0.497 e. The van der Waals surface area contributed by atoms with Gasteiger partial charge in [-0.15, -0.1) is 0 Å². The van der Waals surface area contributed by atoms with Crippen LogP contribution >= 0.6 is 0 Å². The third kappa shape index (κ3) is 3.31. The first-order valence-electron chi connectivity index (χ1n) is 9.01. The summed E-state index contributed by atoms with van der Waals surface area (Å²) in [4.78, 5) is 5.18. The maximum atomic E-state index is 5.88. The van der Waals surface area contributed by atoms with Gasteiger partial charge in [-0.2, -0.15) is 0 Å². The van der Waals surface area contributed by atoms with Crippen molar-refractivity contribution in [1.29, 1.82) is 0 Å². The number of likely N-dealkylation sites (tertiary alicyclic amines) is 1. The molecule has 0 bridgehead atoms. The van der Waals surface area contributed by atoms with Gasteiger partial charge in [0.15, 0.2) is 0 Å². The van der Waals surface area contributed by atoms with Gasteiger partial charge in [-0.05, 0) is 17.7 Å². The molecule has 1 aromatic rings. The minimum atomic E-state index is 0.309. The lowest BCUT2D eigenvalue weighted by Gasteiger charge is -2.36. The number of morpholine rings is 1. The number of hydrogen-bond acceptors (Lipinski definition) is 5. The second-order valence-electron chi connectivity index (χ2n) is 7.48. The molecule has 5 heteroatoms. The predicted octanol–water partition coefficient (Wildman–Crippen LogP) is 1.48. The standard InChI is InChI=1S/C19H28N2O3/c1-22-18-4-2-16(3-5-18)10-21-11-17-12-24-15-19(17,14-21)13-20-6-8-23-9-7-20/h2-5,17H,6-15H2,1H3/t17-,19+/m1/s1. The van der Waals surface area contributed by atoms with Crippen molar-refractivity contribution in [1.82, 2.24) is 9.80 Å². The summed E-state index contributed by atoms with van der Waals surface area (Å²) in [6.07, 6.45) is 0. The van der Waals surface area contributed by atoms with E-state index < -0.39 is 0 Å². The molecule has 4 rings (SSSR count). The van der Waals surface area contributed by atoms with Gasteiger partial charge < -0.3 is 14.2 Å². The van der Waals surface area contributed by atoms with Crippen LogP contribution in [0.5, 0.6) is 5.75 Å². The minimum absolute atomic E-state index is 0.309. The summed E-state index contributed by atoms with van der Waals surface area (Å²) >= 11 is 0. The monoisotopic (exact) mass is 332 g/mol. The molecule has 0 radical (unpaired) electrons. The normalized spacial score (nSPS) is 31.3. The Morgan fingerprint density at radius 1 is 1.12 bits per heavy atom. The van der Waals surface area contributed by atoms with Gasteiger partial charge in [0, 0.05) is 50.6 Å².